The van der Waals surface area contributed by atoms with E-state index in [0.29, 0.717) is 31.7 Å². The van der Waals surface area contributed by atoms with Crippen molar-refractivity contribution in [1.82, 2.24) is 10.6 Å². The average Bonchev–Trinajstić information content (AvgIpc) is 2.46. The maximum Gasteiger partial charge on any atom is 0.221 e. The molecule has 1 atom stereocenters. The number of thioether (sulfide) groups is 1. The Labute approximate surface area is 132 Å². The van der Waals surface area contributed by atoms with Gasteiger partial charge in [0.05, 0.1) is 12.7 Å². The van der Waals surface area contributed by atoms with Crippen LogP contribution >= 0.6 is 24.2 Å². The minimum absolute atomic E-state index is 0. The predicted molar refractivity (Wildman–Crippen MR) is 86.8 cm³/mol. The van der Waals surface area contributed by atoms with Gasteiger partial charge >= 0.3 is 0 Å². The van der Waals surface area contributed by atoms with Crippen molar-refractivity contribution < 1.29 is 9.53 Å². The maximum atomic E-state index is 11.7. The first kappa shape index (κ1) is 18.1. The lowest BCUT2D eigenvalue weighted by atomic mass is 9.98. The van der Waals surface area contributed by atoms with Crippen molar-refractivity contribution in [3.8, 4) is 0 Å². The van der Waals surface area contributed by atoms with Crippen LogP contribution < -0.4 is 10.6 Å². The summed E-state index contributed by atoms with van der Waals surface area (Å²) in [5, 5.41) is 6.34. The standard InChI is InChI=1S/C14H26N2O2S.ClH/c17-14(10-12-11-19-9-7-15-12)16-6-8-18-13-4-2-1-3-5-13;/h12-13,15H,1-11H2,(H,16,17);1H. The van der Waals surface area contributed by atoms with Crippen LogP contribution in [0.1, 0.15) is 38.5 Å². The van der Waals surface area contributed by atoms with Gasteiger partial charge in [0.25, 0.3) is 0 Å². The second-order valence-electron chi connectivity index (χ2n) is 5.41. The Hall–Kier alpha value is 0.0300. The molecule has 0 aromatic rings. The largest absolute Gasteiger partial charge is 0.376 e. The third-order valence-electron chi connectivity index (χ3n) is 3.76. The summed E-state index contributed by atoms with van der Waals surface area (Å²) in [7, 11) is 0. The molecule has 118 valence electrons. The van der Waals surface area contributed by atoms with Crippen LogP contribution in [0.3, 0.4) is 0 Å². The van der Waals surface area contributed by atoms with E-state index in [9.17, 15) is 4.79 Å². The Morgan fingerprint density at radius 2 is 2.10 bits per heavy atom. The van der Waals surface area contributed by atoms with Gasteiger partial charge < -0.3 is 15.4 Å². The van der Waals surface area contributed by atoms with Gasteiger partial charge in [-0.15, -0.1) is 12.4 Å². The molecule has 20 heavy (non-hydrogen) atoms. The molecule has 6 heteroatoms. The van der Waals surface area contributed by atoms with E-state index in [1.54, 1.807) is 0 Å². The van der Waals surface area contributed by atoms with Crippen LogP contribution in [0.4, 0.5) is 0 Å². The van der Waals surface area contributed by atoms with Crippen molar-refractivity contribution in [1.29, 1.82) is 0 Å². The number of hydrogen-bond acceptors (Lipinski definition) is 4. The van der Waals surface area contributed by atoms with E-state index in [1.807, 2.05) is 11.8 Å². The summed E-state index contributed by atoms with van der Waals surface area (Å²) >= 11 is 1.92. The molecule has 1 aliphatic carbocycles. The highest BCUT2D eigenvalue weighted by molar-refractivity contribution is 7.99. The first-order valence-corrected chi connectivity index (χ1v) is 8.69. The summed E-state index contributed by atoms with van der Waals surface area (Å²) in [4.78, 5) is 11.7. The van der Waals surface area contributed by atoms with Crippen molar-refractivity contribution in [2.24, 2.45) is 0 Å². The van der Waals surface area contributed by atoms with Crippen molar-refractivity contribution in [2.45, 2.75) is 50.7 Å². The van der Waals surface area contributed by atoms with Crippen molar-refractivity contribution in [3.63, 3.8) is 0 Å². The molecule has 1 heterocycles. The molecule has 2 N–H and O–H groups in total. The van der Waals surface area contributed by atoms with Gasteiger partial charge in [0.2, 0.25) is 5.91 Å². The van der Waals surface area contributed by atoms with Crippen LogP contribution in [0.2, 0.25) is 0 Å². The molecule has 0 spiro atoms. The van der Waals surface area contributed by atoms with Crippen molar-refractivity contribution in [2.75, 3.05) is 31.2 Å². The molecule has 2 aliphatic rings. The molecule has 1 unspecified atom stereocenters. The van der Waals surface area contributed by atoms with Crippen molar-refractivity contribution >= 4 is 30.1 Å². The fourth-order valence-corrected chi connectivity index (χ4v) is 3.64. The Morgan fingerprint density at radius 1 is 1.30 bits per heavy atom. The smallest absolute Gasteiger partial charge is 0.221 e. The first-order chi connectivity index (χ1) is 9.34. The monoisotopic (exact) mass is 322 g/mol. The summed E-state index contributed by atoms with van der Waals surface area (Å²) in [6, 6.07) is 0.345. The molecule has 2 rings (SSSR count). The Bertz CT molecular complexity index is 270. The molecule has 4 nitrogen and oxygen atoms in total. The van der Waals surface area contributed by atoms with Gasteiger partial charge in [-0.3, -0.25) is 4.79 Å². The second kappa shape index (κ2) is 10.7. The van der Waals surface area contributed by atoms with Gasteiger partial charge in [0.15, 0.2) is 0 Å². The molecule has 1 amide bonds. The number of rotatable bonds is 6. The van der Waals surface area contributed by atoms with E-state index in [1.165, 1.54) is 32.1 Å². The number of carbonyl (C=O) groups excluding carboxylic acids is 1. The lowest BCUT2D eigenvalue weighted by molar-refractivity contribution is -0.121. The van der Waals surface area contributed by atoms with Crippen LogP contribution in [0.25, 0.3) is 0 Å². The second-order valence-corrected chi connectivity index (χ2v) is 6.56. The maximum absolute atomic E-state index is 11.7. The van der Waals surface area contributed by atoms with E-state index >= 15 is 0 Å². The summed E-state index contributed by atoms with van der Waals surface area (Å²) in [6.07, 6.45) is 7.35. The highest BCUT2D eigenvalue weighted by atomic mass is 35.5. The summed E-state index contributed by atoms with van der Waals surface area (Å²) in [5.41, 5.74) is 0. The Kier molecular flexibility index (Phi) is 9.68. The molecule has 1 saturated carbocycles. The quantitative estimate of drug-likeness (QED) is 0.734. The van der Waals surface area contributed by atoms with Crippen LogP contribution in [0.15, 0.2) is 0 Å². The topological polar surface area (TPSA) is 50.4 Å². The molecular weight excluding hydrogens is 296 g/mol. The summed E-state index contributed by atoms with van der Waals surface area (Å²) in [5.74, 6) is 2.35. The first-order valence-electron chi connectivity index (χ1n) is 7.54. The molecule has 1 saturated heterocycles. The number of hydrogen-bond donors (Lipinski definition) is 2. The van der Waals surface area contributed by atoms with Crippen LogP contribution in [-0.2, 0) is 9.53 Å². The molecule has 0 aromatic heterocycles. The zero-order chi connectivity index (χ0) is 13.3. The molecule has 0 bridgehead atoms. The zero-order valence-corrected chi connectivity index (χ0v) is 13.7. The lowest BCUT2D eigenvalue weighted by Gasteiger charge is -2.23. The fraction of sp³-hybridized carbons (Fsp3) is 0.929. The molecular formula is C14H27ClN2O2S. The number of amides is 1. The Balaban J connectivity index is 0.00000200. The van der Waals surface area contributed by atoms with E-state index in [2.05, 4.69) is 10.6 Å². The normalized spacial score (nSPS) is 23.9. The van der Waals surface area contributed by atoms with Crippen LogP contribution in [0.5, 0.6) is 0 Å². The van der Waals surface area contributed by atoms with Gasteiger partial charge in [-0.1, -0.05) is 19.3 Å². The van der Waals surface area contributed by atoms with Crippen molar-refractivity contribution in [3.05, 3.63) is 0 Å². The van der Waals surface area contributed by atoms with E-state index in [4.69, 9.17) is 4.74 Å². The van der Waals surface area contributed by atoms with Gasteiger partial charge in [-0.25, -0.2) is 0 Å². The molecule has 1 aliphatic heterocycles. The third-order valence-corrected chi connectivity index (χ3v) is 4.89. The highest BCUT2D eigenvalue weighted by Gasteiger charge is 2.17. The molecule has 0 radical (unpaired) electrons. The van der Waals surface area contributed by atoms with E-state index in [-0.39, 0.29) is 18.3 Å². The average molecular weight is 323 g/mol. The molecule has 2 fully saturated rings. The number of ether oxygens (including phenoxy) is 1. The SMILES string of the molecule is Cl.O=C(CC1CSCCN1)NCCOC1CCCCC1. The minimum Gasteiger partial charge on any atom is -0.376 e. The van der Waals surface area contributed by atoms with Crippen LogP contribution in [-0.4, -0.2) is 49.3 Å². The van der Waals surface area contributed by atoms with Gasteiger partial charge in [0.1, 0.15) is 0 Å². The summed E-state index contributed by atoms with van der Waals surface area (Å²) in [6.45, 7) is 2.33. The minimum atomic E-state index is 0. The van der Waals surface area contributed by atoms with E-state index in [0.717, 1.165) is 18.1 Å². The zero-order valence-electron chi connectivity index (χ0n) is 12.1. The lowest BCUT2D eigenvalue weighted by Crippen LogP contribution is -2.41. The fourth-order valence-electron chi connectivity index (χ4n) is 2.69. The van der Waals surface area contributed by atoms with Gasteiger partial charge in [0, 0.05) is 37.1 Å². The van der Waals surface area contributed by atoms with Crippen LogP contribution in [0, 0.1) is 0 Å². The third kappa shape index (κ3) is 7.16. The number of halogens is 1. The predicted octanol–water partition coefficient (Wildman–Crippen LogP) is 1.97. The Morgan fingerprint density at radius 3 is 2.80 bits per heavy atom. The highest BCUT2D eigenvalue weighted by Crippen LogP contribution is 2.19. The van der Waals surface area contributed by atoms with E-state index < -0.39 is 0 Å². The number of carbonyl (C=O) groups is 1. The summed E-state index contributed by atoms with van der Waals surface area (Å²) < 4.78 is 5.79. The van der Waals surface area contributed by atoms with Gasteiger partial charge in [-0.05, 0) is 12.8 Å². The van der Waals surface area contributed by atoms with Gasteiger partial charge in [-0.2, -0.15) is 11.8 Å². The number of nitrogens with one attached hydrogen (secondary N) is 2. The molecule has 0 aromatic carbocycles.